The number of pyridine rings is 1. The van der Waals surface area contributed by atoms with E-state index in [9.17, 15) is 26.4 Å². The molecule has 1 aromatic heterocycles. The Balaban J connectivity index is 0.00000342. The minimum absolute atomic E-state index is 0. The van der Waals surface area contributed by atoms with Crippen LogP contribution in [-0.4, -0.2) is 36.3 Å². The Morgan fingerprint density at radius 3 is 2.34 bits per heavy atom. The summed E-state index contributed by atoms with van der Waals surface area (Å²) in [5.41, 5.74) is -0.971. The molecule has 2 aliphatic rings. The molecule has 0 spiro atoms. The molecule has 35 heavy (non-hydrogen) atoms. The number of alkyl halides is 3. The van der Waals surface area contributed by atoms with Crippen molar-refractivity contribution < 1.29 is 26.4 Å². The van der Waals surface area contributed by atoms with Crippen LogP contribution >= 0.6 is 0 Å². The van der Waals surface area contributed by atoms with Gasteiger partial charge in [-0.1, -0.05) is 40.3 Å². The van der Waals surface area contributed by atoms with Crippen molar-refractivity contribution in [3.63, 3.8) is 0 Å². The molecule has 1 saturated heterocycles. The zero-order valence-corrected chi connectivity index (χ0v) is 20.6. The summed E-state index contributed by atoms with van der Waals surface area (Å²) in [5.74, 6) is -0.848. The topological polar surface area (TPSA) is 67.3 Å². The second kappa shape index (κ2) is 8.61. The summed E-state index contributed by atoms with van der Waals surface area (Å²) in [6, 6.07) is 8.24. The zero-order chi connectivity index (χ0) is 25.2. The van der Waals surface area contributed by atoms with Gasteiger partial charge in [0.1, 0.15) is 5.69 Å². The second-order valence-corrected chi connectivity index (χ2v) is 13.2. The van der Waals surface area contributed by atoms with Crippen molar-refractivity contribution in [3.05, 3.63) is 59.4 Å². The lowest BCUT2D eigenvalue weighted by molar-refractivity contribution is -0.137. The molecule has 2 aromatic rings. The Labute approximate surface area is 205 Å². The molecule has 1 amide bonds. The lowest BCUT2D eigenvalue weighted by Gasteiger charge is -2.45. The number of rotatable bonds is 4. The SMILES string of the molecule is C.CC1(C)C[C@]2(C)CN(C(=O)c3cccc(CS(=O)(=O)c4cccc(C(F)(F)F)c4)n3)[C@](C)(C1)C2. The monoisotopic (exact) mass is 510 g/mol. The Morgan fingerprint density at radius 1 is 1.03 bits per heavy atom. The van der Waals surface area contributed by atoms with E-state index in [1.54, 1.807) is 12.1 Å². The summed E-state index contributed by atoms with van der Waals surface area (Å²) >= 11 is 0. The van der Waals surface area contributed by atoms with E-state index >= 15 is 0 Å². The average Bonchev–Trinajstić information content (AvgIpc) is 2.90. The van der Waals surface area contributed by atoms with Crippen molar-refractivity contribution in [2.75, 3.05) is 6.54 Å². The summed E-state index contributed by atoms with van der Waals surface area (Å²) in [4.78, 5) is 19.2. The molecule has 5 nitrogen and oxygen atoms in total. The maximum absolute atomic E-state index is 13.5. The van der Waals surface area contributed by atoms with Gasteiger partial charge >= 0.3 is 6.18 Å². The third-order valence-corrected chi connectivity index (χ3v) is 8.54. The van der Waals surface area contributed by atoms with Gasteiger partial charge in [0.2, 0.25) is 0 Å². The minimum atomic E-state index is -4.65. The molecule has 1 aliphatic heterocycles. The number of aromatic nitrogens is 1. The highest BCUT2D eigenvalue weighted by Crippen LogP contribution is 2.57. The molecule has 1 aromatic carbocycles. The minimum Gasteiger partial charge on any atom is -0.331 e. The van der Waals surface area contributed by atoms with Crippen molar-refractivity contribution >= 4 is 15.7 Å². The van der Waals surface area contributed by atoms with Gasteiger partial charge < -0.3 is 4.90 Å². The van der Waals surface area contributed by atoms with E-state index in [1.807, 2.05) is 4.90 Å². The van der Waals surface area contributed by atoms with Gasteiger partial charge in [0.05, 0.1) is 21.9 Å². The predicted octanol–water partition coefficient (Wildman–Crippen LogP) is 6.14. The molecule has 2 bridgehead atoms. The van der Waals surface area contributed by atoms with E-state index in [4.69, 9.17) is 0 Å². The highest BCUT2D eigenvalue weighted by atomic mass is 32.2. The molecule has 9 heteroatoms. The molecule has 4 rings (SSSR count). The number of halogens is 3. The van der Waals surface area contributed by atoms with E-state index in [0.29, 0.717) is 12.6 Å². The lowest BCUT2D eigenvalue weighted by Crippen LogP contribution is -2.48. The van der Waals surface area contributed by atoms with E-state index in [-0.39, 0.29) is 41.1 Å². The second-order valence-electron chi connectivity index (χ2n) is 11.2. The molecule has 1 aliphatic carbocycles. The van der Waals surface area contributed by atoms with Crippen molar-refractivity contribution in [1.29, 1.82) is 0 Å². The van der Waals surface area contributed by atoms with E-state index in [0.717, 1.165) is 37.5 Å². The summed E-state index contributed by atoms with van der Waals surface area (Å²) < 4.78 is 64.7. The van der Waals surface area contributed by atoms with Gasteiger partial charge in [-0.25, -0.2) is 13.4 Å². The fourth-order valence-electron chi connectivity index (χ4n) is 6.45. The van der Waals surface area contributed by atoms with Gasteiger partial charge in [-0.3, -0.25) is 4.79 Å². The summed E-state index contributed by atoms with van der Waals surface area (Å²) in [6.07, 6.45) is -1.86. The molecule has 2 atom stereocenters. The van der Waals surface area contributed by atoms with Gasteiger partial charge in [-0.15, -0.1) is 0 Å². The van der Waals surface area contributed by atoms with Crippen molar-refractivity contribution in [2.24, 2.45) is 10.8 Å². The third kappa shape index (κ3) is 5.39. The average molecular weight is 511 g/mol. The van der Waals surface area contributed by atoms with Crippen molar-refractivity contribution in [1.82, 2.24) is 9.88 Å². The quantitative estimate of drug-likeness (QED) is 0.495. The zero-order valence-electron chi connectivity index (χ0n) is 19.7. The Hall–Kier alpha value is -2.42. The fourth-order valence-corrected chi connectivity index (χ4v) is 7.76. The first-order chi connectivity index (χ1) is 15.5. The molecule has 2 fully saturated rings. The van der Waals surface area contributed by atoms with Crippen LogP contribution in [0.5, 0.6) is 0 Å². The number of nitrogens with zero attached hydrogens (tertiary/aromatic N) is 2. The molecular weight excluding hydrogens is 477 g/mol. The van der Waals surface area contributed by atoms with Crippen molar-refractivity contribution in [2.45, 2.75) is 76.7 Å². The van der Waals surface area contributed by atoms with Crippen LogP contribution < -0.4 is 0 Å². The van der Waals surface area contributed by atoms with Crippen LogP contribution in [0.3, 0.4) is 0 Å². The highest BCUT2D eigenvalue weighted by Gasteiger charge is 2.57. The summed E-state index contributed by atoms with van der Waals surface area (Å²) in [5, 5.41) is 0. The predicted molar refractivity (Wildman–Crippen MR) is 128 cm³/mol. The van der Waals surface area contributed by atoms with Crippen LogP contribution in [0.15, 0.2) is 47.4 Å². The van der Waals surface area contributed by atoms with E-state index < -0.39 is 32.2 Å². The number of likely N-dealkylation sites (tertiary alicyclic amines) is 1. The van der Waals surface area contributed by atoms with Gasteiger partial charge in [0.25, 0.3) is 5.91 Å². The van der Waals surface area contributed by atoms with Crippen LogP contribution in [0.2, 0.25) is 0 Å². The fraction of sp³-hybridized carbons (Fsp3) is 0.538. The van der Waals surface area contributed by atoms with Gasteiger partial charge in [-0.05, 0) is 67.3 Å². The molecule has 0 unspecified atom stereocenters. The van der Waals surface area contributed by atoms with E-state index in [1.165, 1.54) is 6.07 Å². The molecule has 192 valence electrons. The first-order valence-electron chi connectivity index (χ1n) is 11.2. The van der Waals surface area contributed by atoms with Gasteiger partial charge in [0.15, 0.2) is 9.84 Å². The molecule has 2 heterocycles. The third-order valence-electron chi connectivity index (χ3n) is 6.89. The Bertz CT molecular complexity index is 1240. The van der Waals surface area contributed by atoms with Gasteiger partial charge in [-0.2, -0.15) is 13.2 Å². The normalized spacial score (nSPS) is 25.7. The summed E-state index contributed by atoms with van der Waals surface area (Å²) in [7, 11) is -4.10. The van der Waals surface area contributed by atoms with Gasteiger partial charge in [0, 0.05) is 12.1 Å². The van der Waals surface area contributed by atoms with Crippen LogP contribution in [0.4, 0.5) is 13.2 Å². The smallest absolute Gasteiger partial charge is 0.331 e. The highest BCUT2D eigenvalue weighted by molar-refractivity contribution is 7.90. The van der Waals surface area contributed by atoms with Crippen LogP contribution in [-0.2, 0) is 21.8 Å². The number of hydrogen-bond donors (Lipinski definition) is 0. The van der Waals surface area contributed by atoms with Crippen LogP contribution in [0.25, 0.3) is 0 Å². The van der Waals surface area contributed by atoms with Crippen LogP contribution in [0.1, 0.15) is 76.1 Å². The number of carbonyl (C=O) groups excluding carboxylic acids is 1. The number of amides is 1. The number of sulfone groups is 1. The first kappa shape index (κ1) is 27.2. The largest absolute Gasteiger partial charge is 0.416 e. The molecule has 0 N–H and O–H groups in total. The summed E-state index contributed by atoms with van der Waals surface area (Å²) in [6.45, 7) is 9.34. The van der Waals surface area contributed by atoms with E-state index in [2.05, 4.69) is 32.7 Å². The molecule has 1 saturated carbocycles. The molecular formula is C26H33F3N2O3S. The Kier molecular flexibility index (Phi) is 6.68. The maximum atomic E-state index is 13.5. The number of carbonyl (C=O) groups is 1. The van der Waals surface area contributed by atoms with Crippen LogP contribution in [0, 0.1) is 10.8 Å². The maximum Gasteiger partial charge on any atom is 0.416 e. The number of benzene rings is 1. The molecule has 0 radical (unpaired) electrons. The number of fused-ring (bicyclic) bond motifs is 2. The Morgan fingerprint density at radius 2 is 1.69 bits per heavy atom. The standard InChI is InChI=1S/C25H29F3N2O3S.CH4/c1-22(2)13-23(3)15-24(4,14-22)30(16-23)21(31)20-10-6-8-18(29-20)12-34(32,33)19-9-5-7-17(11-19)25(26,27)28;/h5-11H,12-16H2,1-4H3;1H4/t23-,24+;/m0./s1. The first-order valence-corrected chi connectivity index (χ1v) is 12.9. The number of hydrogen-bond acceptors (Lipinski definition) is 4. The lowest BCUT2D eigenvalue weighted by atomic mass is 9.61. The van der Waals surface area contributed by atoms with Crippen molar-refractivity contribution in [3.8, 4) is 0 Å².